The Bertz CT molecular complexity index is 735. The Labute approximate surface area is 128 Å². The van der Waals surface area contributed by atoms with Gasteiger partial charge in [0.1, 0.15) is 17.1 Å². The fraction of sp³-hybridized carbons (Fsp3) is 0.188. The number of pyridine rings is 1. The Morgan fingerprint density at radius 3 is 2.68 bits per heavy atom. The molecular weight excluding hydrogens is 283 g/mol. The van der Waals surface area contributed by atoms with E-state index in [9.17, 15) is 4.39 Å². The summed E-state index contributed by atoms with van der Waals surface area (Å²) < 4.78 is 19.4. The predicted octanol–water partition coefficient (Wildman–Crippen LogP) is 2.09. The van der Waals surface area contributed by atoms with Gasteiger partial charge in [-0.05, 0) is 26.2 Å². The standard InChI is InChI=1S/C16H17FN4O/c1-21(2)9-3-4-12-14(7-8-20-16(12)19)22-15-6-5-11(18)10-13(15)17/h5-8,10H,9,18H2,1-2H3,(H2,19,20). The molecule has 2 aromatic rings. The summed E-state index contributed by atoms with van der Waals surface area (Å²) in [7, 11) is 3.81. The van der Waals surface area contributed by atoms with Crippen LogP contribution < -0.4 is 16.2 Å². The van der Waals surface area contributed by atoms with Crippen LogP contribution in [0.2, 0.25) is 0 Å². The van der Waals surface area contributed by atoms with Crippen LogP contribution in [0.1, 0.15) is 5.56 Å². The average Bonchev–Trinajstić information content (AvgIpc) is 2.44. The van der Waals surface area contributed by atoms with Crippen molar-refractivity contribution in [2.24, 2.45) is 0 Å². The number of nitrogens with zero attached hydrogens (tertiary/aromatic N) is 2. The number of benzene rings is 1. The number of hydrogen-bond acceptors (Lipinski definition) is 5. The molecule has 6 heteroatoms. The van der Waals surface area contributed by atoms with Gasteiger partial charge in [-0.1, -0.05) is 11.8 Å². The van der Waals surface area contributed by atoms with Gasteiger partial charge in [0.15, 0.2) is 11.6 Å². The third kappa shape index (κ3) is 3.87. The van der Waals surface area contributed by atoms with Crippen LogP contribution in [0.15, 0.2) is 30.5 Å². The Morgan fingerprint density at radius 2 is 2.00 bits per heavy atom. The lowest BCUT2D eigenvalue weighted by atomic mass is 10.2. The SMILES string of the molecule is CN(C)CC#Cc1c(Oc2ccc(N)cc2F)ccnc1N. The van der Waals surface area contributed by atoms with Gasteiger partial charge in [-0.2, -0.15) is 0 Å². The number of anilines is 2. The minimum Gasteiger partial charge on any atom is -0.453 e. The maximum Gasteiger partial charge on any atom is 0.167 e. The molecular formula is C16H17FN4O. The molecule has 0 unspecified atom stereocenters. The number of nitrogens with two attached hydrogens (primary N) is 2. The fourth-order valence-electron chi connectivity index (χ4n) is 1.67. The highest BCUT2D eigenvalue weighted by Gasteiger charge is 2.10. The quantitative estimate of drug-likeness (QED) is 0.670. The second kappa shape index (κ2) is 6.78. The van der Waals surface area contributed by atoms with E-state index < -0.39 is 5.82 Å². The summed E-state index contributed by atoms with van der Waals surface area (Å²) in [6.07, 6.45) is 1.48. The van der Waals surface area contributed by atoms with Crippen LogP contribution in [-0.4, -0.2) is 30.5 Å². The molecule has 1 heterocycles. The first kappa shape index (κ1) is 15.6. The van der Waals surface area contributed by atoms with E-state index in [0.717, 1.165) is 0 Å². The number of rotatable bonds is 3. The fourth-order valence-corrected chi connectivity index (χ4v) is 1.67. The third-order valence-electron chi connectivity index (χ3n) is 2.73. The first-order valence-electron chi connectivity index (χ1n) is 6.58. The van der Waals surface area contributed by atoms with Gasteiger partial charge in [-0.3, -0.25) is 4.90 Å². The molecule has 0 saturated heterocycles. The Kier molecular flexibility index (Phi) is 4.81. The monoisotopic (exact) mass is 300 g/mol. The Hall–Kier alpha value is -2.78. The van der Waals surface area contributed by atoms with E-state index in [1.165, 1.54) is 18.3 Å². The van der Waals surface area contributed by atoms with E-state index in [0.29, 0.717) is 23.5 Å². The second-order valence-electron chi connectivity index (χ2n) is 4.90. The maximum absolute atomic E-state index is 13.8. The molecule has 0 atom stereocenters. The van der Waals surface area contributed by atoms with Crippen molar-refractivity contribution >= 4 is 11.5 Å². The largest absolute Gasteiger partial charge is 0.453 e. The molecule has 0 saturated carbocycles. The lowest BCUT2D eigenvalue weighted by Gasteiger charge is -2.10. The van der Waals surface area contributed by atoms with Gasteiger partial charge in [0, 0.05) is 24.0 Å². The normalized spacial score (nSPS) is 10.2. The summed E-state index contributed by atoms with van der Waals surface area (Å²) in [6.45, 7) is 0.560. The molecule has 0 spiro atoms. The van der Waals surface area contributed by atoms with Crippen molar-refractivity contribution in [3.05, 3.63) is 41.8 Å². The van der Waals surface area contributed by atoms with Gasteiger partial charge in [0.05, 0.1) is 6.54 Å². The van der Waals surface area contributed by atoms with Gasteiger partial charge < -0.3 is 16.2 Å². The van der Waals surface area contributed by atoms with E-state index in [1.807, 2.05) is 19.0 Å². The number of ether oxygens (including phenoxy) is 1. The van der Waals surface area contributed by atoms with E-state index in [1.54, 1.807) is 12.1 Å². The van der Waals surface area contributed by atoms with Gasteiger partial charge >= 0.3 is 0 Å². The smallest absolute Gasteiger partial charge is 0.167 e. The molecule has 22 heavy (non-hydrogen) atoms. The third-order valence-corrected chi connectivity index (χ3v) is 2.73. The van der Waals surface area contributed by atoms with Gasteiger partial charge in [0.2, 0.25) is 0 Å². The second-order valence-corrected chi connectivity index (χ2v) is 4.90. The highest BCUT2D eigenvalue weighted by Crippen LogP contribution is 2.29. The van der Waals surface area contributed by atoms with E-state index in [2.05, 4.69) is 16.8 Å². The molecule has 0 aliphatic heterocycles. The molecule has 4 N–H and O–H groups in total. The van der Waals surface area contributed by atoms with Crippen LogP contribution in [0, 0.1) is 17.7 Å². The van der Waals surface area contributed by atoms with Crippen LogP contribution in [0.5, 0.6) is 11.5 Å². The first-order chi connectivity index (χ1) is 10.5. The molecule has 0 aliphatic rings. The molecule has 0 amide bonds. The highest BCUT2D eigenvalue weighted by molar-refractivity contribution is 5.59. The Balaban J connectivity index is 2.34. The van der Waals surface area contributed by atoms with Crippen molar-refractivity contribution in [1.82, 2.24) is 9.88 Å². The minimum atomic E-state index is -0.553. The lowest BCUT2D eigenvalue weighted by molar-refractivity contribution is 0.441. The topological polar surface area (TPSA) is 77.4 Å². The van der Waals surface area contributed by atoms with E-state index >= 15 is 0 Å². The van der Waals surface area contributed by atoms with Crippen molar-refractivity contribution in [2.45, 2.75) is 0 Å². The summed E-state index contributed by atoms with van der Waals surface area (Å²) in [5.41, 5.74) is 12.1. The van der Waals surface area contributed by atoms with Crippen molar-refractivity contribution in [3.8, 4) is 23.3 Å². The number of nitrogen functional groups attached to an aromatic ring is 2. The van der Waals surface area contributed by atoms with Crippen LogP contribution in [0.4, 0.5) is 15.9 Å². The van der Waals surface area contributed by atoms with E-state index in [-0.39, 0.29) is 11.6 Å². The molecule has 1 aromatic carbocycles. The zero-order valence-corrected chi connectivity index (χ0v) is 12.4. The number of hydrogen-bond donors (Lipinski definition) is 2. The Morgan fingerprint density at radius 1 is 1.23 bits per heavy atom. The van der Waals surface area contributed by atoms with Crippen LogP contribution in [-0.2, 0) is 0 Å². The molecule has 5 nitrogen and oxygen atoms in total. The number of aromatic nitrogens is 1. The van der Waals surface area contributed by atoms with Crippen molar-refractivity contribution in [3.63, 3.8) is 0 Å². The first-order valence-corrected chi connectivity index (χ1v) is 6.58. The summed E-state index contributed by atoms with van der Waals surface area (Å²) >= 11 is 0. The van der Waals surface area contributed by atoms with Crippen molar-refractivity contribution in [1.29, 1.82) is 0 Å². The highest BCUT2D eigenvalue weighted by atomic mass is 19.1. The zero-order valence-electron chi connectivity index (χ0n) is 12.4. The lowest BCUT2D eigenvalue weighted by Crippen LogP contribution is -2.11. The van der Waals surface area contributed by atoms with Crippen LogP contribution in [0.25, 0.3) is 0 Å². The van der Waals surface area contributed by atoms with Gasteiger partial charge in [-0.25, -0.2) is 9.37 Å². The van der Waals surface area contributed by atoms with Crippen molar-refractivity contribution in [2.75, 3.05) is 32.1 Å². The van der Waals surface area contributed by atoms with Gasteiger partial charge in [0.25, 0.3) is 0 Å². The van der Waals surface area contributed by atoms with Crippen LogP contribution in [0.3, 0.4) is 0 Å². The van der Waals surface area contributed by atoms with Gasteiger partial charge in [-0.15, -0.1) is 0 Å². The molecule has 0 radical (unpaired) electrons. The minimum absolute atomic E-state index is 0.0514. The van der Waals surface area contributed by atoms with Crippen molar-refractivity contribution < 1.29 is 9.13 Å². The molecule has 114 valence electrons. The molecule has 0 aliphatic carbocycles. The summed E-state index contributed by atoms with van der Waals surface area (Å²) in [5, 5.41) is 0. The molecule has 0 fully saturated rings. The zero-order chi connectivity index (χ0) is 16.1. The molecule has 1 aromatic heterocycles. The molecule has 2 rings (SSSR count). The average molecular weight is 300 g/mol. The van der Waals surface area contributed by atoms with Crippen LogP contribution >= 0.6 is 0 Å². The summed E-state index contributed by atoms with van der Waals surface area (Å²) in [5.74, 6) is 5.95. The summed E-state index contributed by atoms with van der Waals surface area (Å²) in [4.78, 5) is 5.90. The maximum atomic E-state index is 13.8. The predicted molar refractivity (Wildman–Crippen MR) is 85.0 cm³/mol. The van der Waals surface area contributed by atoms with E-state index in [4.69, 9.17) is 16.2 Å². The molecule has 0 bridgehead atoms. The number of halogens is 1. The summed E-state index contributed by atoms with van der Waals surface area (Å²) in [6, 6.07) is 5.79.